The molecule has 1 saturated heterocycles. The zero-order valence-electron chi connectivity index (χ0n) is 11.2. The summed E-state index contributed by atoms with van der Waals surface area (Å²) >= 11 is 0. The Kier molecular flexibility index (Phi) is 3.68. The van der Waals surface area contributed by atoms with Crippen LogP contribution in [0.15, 0.2) is 18.5 Å². The molecule has 1 aliphatic rings. The van der Waals surface area contributed by atoms with Crippen LogP contribution in [0.25, 0.3) is 0 Å². The van der Waals surface area contributed by atoms with Gasteiger partial charge in [0.1, 0.15) is 6.04 Å². The highest BCUT2D eigenvalue weighted by molar-refractivity contribution is 5.83. The first-order chi connectivity index (χ1) is 9.69. The number of hydrogen-bond donors (Lipinski definition) is 1. The molecule has 1 aliphatic heterocycles. The standard InChI is InChI=1S/C12H14F3N3O3/c1-8(18-5-2-4-16-18)9(19)17-6-3-11(7-17,10(20)21)12(13,14)15/h2,4-5,8H,3,6-7H2,1H3,(H,20,21)/t8-,11-/m1/s1. The predicted molar refractivity (Wildman–Crippen MR) is 64.3 cm³/mol. The van der Waals surface area contributed by atoms with Gasteiger partial charge in [-0.25, -0.2) is 0 Å². The summed E-state index contributed by atoms with van der Waals surface area (Å²) < 4.78 is 40.4. The zero-order valence-corrected chi connectivity index (χ0v) is 11.2. The third kappa shape index (κ3) is 2.47. The van der Waals surface area contributed by atoms with E-state index in [9.17, 15) is 22.8 Å². The SMILES string of the molecule is C[C@H](C(=O)N1CC[C@@](C(=O)O)(C(F)(F)F)C1)n1cccn1. The number of hydrogen-bond acceptors (Lipinski definition) is 3. The average Bonchev–Trinajstić information content (AvgIpc) is 3.05. The zero-order chi connectivity index (χ0) is 15.8. The second-order valence-electron chi connectivity index (χ2n) is 5.06. The topological polar surface area (TPSA) is 75.4 Å². The number of carbonyl (C=O) groups excluding carboxylic acids is 1. The first-order valence-corrected chi connectivity index (χ1v) is 6.27. The fraction of sp³-hybridized carbons (Fsp3) is 0.583. The summed E-state index contributed by atoms with van der Waals surface area (Å²) in [5.74, 6) is -2.52. The van der Waals surface area contributed by atoms with Crippen LogP contribution in [-0.4, -0.2) is 50.9 Å². The van der Waals surface area contributed by atoms with Crippen LogP contribution in [0.4, 0.5) is 13.2 Å². The summed E-state index contributed by atoms with van der Waals surface area (Å²) in [5, 5.41) is 12.8. The molecule has 21 heavy (non-hydrogen) atoms. The summed E-state index contributed by atoms with van der Waals surface area (Å²) in [6.45, 7) is 0.399. The van der Waals surface area contributed by atoms with Crippen molar-refractivity contribution < 1.29 is 27.9 Å². The smallest absolute Gasteiger partial charge is 0.406 e. The number of carboxylic acids is 1. The summed E-state index contributed by atoms with van der Waals surface area (Å²) in [6, 6.07) is 0.809. The van der Waals surface area contributed by atoms with Gasteiger partial charge in [-0.1, -0.05) is 0 Å². The van der Waals surface area contributed by atoms with Crippen molar-refractivity contribution in [2.24, 2.45) is 5.41 Å². The van der Waals surface area contributed by atoms with Crippen molar-refractivity contribution in [3.8, 4) is 0 Å². The second-order valence-corrected chi connectivity index (χ2v) is 5.06. The van der Waals surface area contributed by atoms with Crippen LogP contribution in [0.3, 0.4) is 0 Å². The van der Waals surface area contributed by atoms with Crippen molar-refractivity contribution in [1.82, 2.24) is 14.7 Å². The molecule has 0 saturated carbocycles. The molecule has 2 rings (SSSR count). The van der Waals surface area contributed by atoms with Crippen LogP contribution in [0, 0.1) is 5.41 Å². The first kappa shape index (κ1) is 15.3. The van der Waals surface area contributed by atoms with Gasteiger partial charge in [-0.05, 0) is 19.4 Å². The van der Waals surface area contributed by atoms with Gasteiger partial charge in [-0.3, -0.25) is 14.3 Å². The Balaban J connectivity index is 2.18. The number of halogens is 3. The lowest BCUT2D eigenvalue weighted by atomic mass is 9.86. The van der Waals surface area contributed by atoms with Crippen molar-refractivity contribution in [2.75, 3.05) is 13.1 Å². The van der Waals surface area contributed by atoms with E-state index in [1.807, 2.05) is 0 Å². The van der Waals surface area contributed by atoms with E-state index in [1.165, 1.54) is 24.0 Å². The van der Waals surface area contributed by atoms with Crippen LogP contribution in [0.1, 0.15) is 19.4 Å². The molecule has 0 spiro atoms. The maximum absolute atomic E-state index is 13.0. The van der Waals surface area contributed by atoms with Gasteiger partial charge in [0, 0.05) is 25.5 Å². The van der Waals surface area contributed by atoms with Crippen LogP contribution in [-0.2, 0) is 9.59 Å². The Hall–Kier alpha value is -2.06. The molecule has 1 aromatic rings. The molecule has 2 atom stereocenters. The van der Waals surface area contributed by atoms with Gasteiger partial charge in [-0.15, -0.1) is 0 Å². The van der Waals surface area contributed by atoms with Crippen LogP contribution in [0.2, 0.25) is 0 Å². The van der Waals surface area contributed by atoms with Crippen molar-refractivity contribution in [1.29, 1.82) is 0 Å². The van der Waals surface area contributed by atoms with Crippen molar-refractivity contribution in [3.63, 3.8) is 0 Å². The van der Waals surface area contributed by atoms with E-state index in [0.717, 1.165) is 4.90 Å². The highest BCUT2D eigenvalue weighted by Crippen LogP contribution is 2.46. The Morgan fingerprint density at radius 3 is 2.52 bits per heavy atom. The van der Waals surface area contributed by atoms with Gasteiger partial charge in [0.15, 0.2) is 5.41 Å². The van der Waals surface area contributed by atoms with Gasteiger partial charge in [-0.2, -0.15) is 18.3 Å². The second kappa shape index (κ2) is 5.05. The minimum Gasteiger partial charge on any atom is -0.481 e. The number of amides is 1. The molecule has 1 aromatic heterocycles. The van der Waals surface area contributed by atoms with Gasteiger partial charge in [0.2, 0.25) is 5.91 Å². The minimum atomic E-state index is -4.90. The molecule has 1 N–H and O–H groups in total. The number of carboxylic acid groups (broad SMARTS) is 1. The highest BCUT2D eigenvalue weighted by atomic mass is 19.4. The summed E-state index contributed by atoms with van der Waals surface area (Å²) in [7, 11) is 0. The van der Waals surface area contributed by atoms with E-state index in [0.29, 0.717) is 0 Å². The third-order valence-electron chi connectivity index (χ3n) is 3.81. The van der Waals surface area contributed by atoms with Gasteiger partial charge in [0.05, 0.1) is 0 Å². The van der Waals surface area contributed by atoms with Gasteiger partial charge < -0.3 is 10.0 Å². The number of rotatable bonds is 3. The minimum absolute atomic E-state index is 0.240. The molecule has 0 aliphatic carbocycles. The summed E-state index contributed by atoms with van der Waals surface area (Å²) in [6.07, 6.45) is -2.57. The maximum atomic E-state index is 13.0. The molecule has 0 bridgehead atoms. The molecule has 1 amide bonds. The lowest BCUT2D eigenvalue weighted by molar-refractivity contribution is -0.227. The lowest BCUT2D eigenvalue weighted by Gasteiger charge is -2.28. The predicted octanol–water partition coefficient (Wildman–Crippen LogP) is 1.31. The largest absolute Gasteiger partial charge is 0.481 e. The average molecular weight is 305 g/mol. The fourth-order valence-electron chi connectivity index (χ4n) is 2.41. The molecule has 0 aromatic carbocycles. The van der Waals surface area contributed by atoms with Crippen LogP contribution >= 0.6 is 0 Å². The van der Waals surface area contributed by atoms with E-state index in [2.05, 4.69) is 5.10 Å². The molecule has 1 fully saturated rings. The van der Waals surface area contributed by atoms with Crippen molar-refractivity contribution in [2.45, 2.75) is 25.6 Å². The third-order valence-corrected chi connectivity index (χ3v) is 3.81. The lowest BCUT2D eigenvalue weighted by Crippen LogP contribution is -2.48. The van der Waals surface area contributed by atoms with Crippen molar-refractivity contribution >= 4 is 11.9 Å². The van der Waals surface area contributed by atoms with E-state index >= 15 is 0 Å². The van der Waals surface area contributed by atoms with E-state index in [4.69, 9.17) is 5.11 Å². The highest BCUT2D eigenvalue weighted by Gasteiger charge is 2.64. The van der Waals surface area contributed by atoms with E-state index < -0.39 is 42.5 Å². The Morgan fingerprint density at radius 2 is 2.10 bits per heavy atom. The first-order valence-electron chi connectivity index (χ1n) is 6.27. The molecule has 2 heterocycles. The Morgan fingerprint density at radius 1 is 1.43 bits per heavy atom. The van der Waals surface area contributed by atoms with E-state index in [-0.39, 0.29) is 6.54 Å². The number of aliphatic carboxylic acids is 1. The van der Waals surface area contributed by atoms with Gasteiger partial charge in [0.25, 0.3) is 0 Å². The van der Waals surface area contributed by atoms with Crippen molar-refractivity contribution in [3.05, 3.63) is 18.5 Å². The Labute approximate surface area is 118 Å². The normalized spacial score (nSPS) is 24.1. The number of nitrogens with zero attached hydrogens (tertiary/aromatic N) is 3. The number of aromatic nitrogens is 2. The number of alkyl halides is 3. The molecule has 0 unspecified atom stereocenters. The Bertz CT molecular complexity index is 544. The summed E-state index contributed by atoms with van der Waals surface area (Å²) in [5.41, 5.74) is -2.88. The molecule has 0 radical (unpaired) electrons. The number of likely N-dealkylation sites (tertiary alicyclic amines) is 1. The molecular weight excluding hydrogens is 291 g/mol. The number of carbonyl (C=O) groups is 2. The molecule has 9 heteroatoms. The quantitative estimate of drug-likeness (QED) is 0.913. The molecule has 6 nitrogen and oxygen atoms in total. The van der Waals surface area contributed by atoms with Gasteiger partial charge >= 0.3 is 12.1 Å². The molecular formula is C12H14F3N3O3. The fourth-order valence-corrected chi connectivity index (χ4v) is 2.41. The van der Waals surface area contributed by atoms with Crippen LogP contribution < -0.4 is 0 Å². The molecule has 116 valence electrons. The van der Waals surface area contributed by atoms with E-state index in [1.54, 1.807) is 6.07 Å². The maximum Gasteiger partial charge on any atom is 0.406 e. The monoisotopic (exact) mass is 305 g/mol. The summed E-state index contributed by atoms with van der Waals surface area (Å²) in [4.78, 5) is 24.2. The van der Waals surface area contributed by atoms with Crippen LogP contribution in [0.5, 0.6) is 0 Å².